The molecule has 0 radical (unpaired) electrons. The van der Waals surface area contributed by atoms with Crippen molar-refractivity contribution in [1.29, 1.82) is 0 Å². The lowest BCUT2D eigenvalue weighted by Gasteiger charge is -2.43. The SMILES string of the molecule is CN1C(=O)CC(C(=O)N2CCC(N)C(C)(C)C2)C1c1cccnc1.Cl.Cl. The molecule has 2 aliphatic rings. The van der Waals surface area contributed by atoms with Crippen LogP contribution in [0.2, 0.25) is 0 Å². The molecule has 2 amide bonds. The second-order valence-corrected chi connectivity index (χ2v) is 7.69. The summed E-state index contributed by atoms with van der Waals surface area (Å²) in [6, 6.07) is 3.64. The van der Waals surface area contributed by atoms with E-state index in [1.807, 2.05) is 17.0 Å². The zero-order valence-electron chi connectivity index (χ0n) is 15.4. The van der Waals surface area contributed by atoms with Crippen LogP contribution in [0.3, 0.4) is 0 Å². The van der Waals surface area contributed by atoms with Gasteiger partial charge in [0.25, 0.3) is 0 Å². The van der Waals surface area contributed by atoms with Crippen molar-refractivity contribution in [3.63, 3.8) is 0 Å². The van der Waals surface area contributed by atoms with Crippen molar-refractivity contribution in [2.45, 2.75) is 38.8 Å². The zero-order chi connectivity index (χ0) is 17.5. The average Bonchev–Trinajstić information content (AvgIpc) is 2.85. The van der Waals surface area contributed by atoms with Crippen LogP contribution in [0.15, 0.2) is 24.5 Å². The Balaban J connectivity index is 0.00000169. The first-order valence-electron chi connectivity index (χ1n) is 8.51. The van der Waals surface area contributed by atoms with Gasteiger partial charge in [0.15, 0.2) is 0 Å². The molecule has 3 unspecified atom stereocenters. The summed E-state index contributed by atoms with van der Waals surface area (Å²) in [5.41, 5.74) is 6.99. The third-order valence-electron chi connectivity index (χ3n) is 5.55. The number of nitrogens with zero attached hydrogens (tertiary/aromatic N) is 3. The van der Waals surface area contributed by atoms with Crippen molar-refractivity contribution in [1.82, 2.24) is 14.8 Å². The van der Waals surface area contributed by atoms with Gasteiger partial charge in [-0.2, -0.15) is 0 Å². The van der Waals surface area contributed by atoms with E-state index in [1.54, 1.807) is 24.3 Å². The minimum absolute atomic E-state index is 0. The highest BCUT2D eigenvalue weighted by molar-refractivity contribution is 5.90. The van der Waals surface area contributed by atoms with E-state index in [9.17, 15) is 9.59 Å². The Kier molecular flexibility index (Phi) is 7.45. The Morgan fingerprint density at radius 3 is 2.62 bits per heavy atom. The lowest BCUT2D eigenvalue weighted by Crippen LogP contribution is -2.55. The lowest BCUT2D eigenvalue weighted by molar-refractivity contribution is -0.140. The summed E-state index contributed by atoms with van der Waals surface area (Å²) in [5, 5.41) is 0. The first kappa shape index (κ1) is 22.7. The lowest BCUT2D eigenvalue weighted by atomic mass is 9.79. The maximum atomic E-state index is 13.2. The van der Waals surface area contributed by atoms with E-state index >= 15 is 0 Å². The number of likely N-dealkylation sites (tertiary alicyclic amines) is 2. The van der Waals surface area contributed by atoms with E-state index in [-0.39, 0.29) is 66.5 Å². The monoisotopic (exact) mass is 402 g/mol. The molecule has 8 heteroatoms. The zero-order valence-corrected chi connectivity index (χ0v) is 17.1. The number of carbonyl (C=O) groups is 2. The molecule has 2 fully saturated rings. The minimum atomic E-state index is -0.350. The topological polar surface area (TPSA) is 79.5 Å². The van der Waals surface area contributed by atoms with E-state index in [0.717, 1.165) is 12.0 Å². The molecule has 3 atom stereocenters. The average molecular weight is 403 g/mol. The third-order valence-corrected chi connectivity index (χ3v) is 5.55. The molecule has 0 aromatic carbocycles. The van der Waals surface area contributed by atoms with E-state index in [1.165, 1.54) is 0 Å². The van der Waals surface area contributed by atoms with Crippen LogP contribution in [0.25, 0.3) is 0 Å². The summed E-state index contributed by atoms with van der Waals surface area (Å²) in [6.45, 7) is 5.50. The van der Waals surface area contributed by atoms with Crippen LogP contribution < -0.4 is 5.73 Å². The molecule has 1 aromatic rings. The van der Waals surface area contributed by atoms with Crippen LogP contribution in [0.1, 0.15) is 38.3 Å². The molecule has 26 heavy (non-hydrogen) atoms. The normalized spacial score (nSPS) is 27.5. The predicted octanol–water partition coefficient (Wildman–Crippen LogP) is 2.03. The molecule has 2 aliphatic heterocycles. The van der Waals surface area contributed by atoms with Crippen molar-refractivity contribution in [3.05, 3.63) is 30.1 Å². The summed E-state index contributed by atoms with van der Waals surface area (Å²) < 4.78 is 0. The molecular formula is C18H28Cl2N4O2. The second-order valence-electron chi connectivity index (χ2n) is 7.69. The van der Waals surface area contributed by atoms with Gasteiger partial charge in [-0.1, -0.05) is 19.9 Å². The van der Waals surface area contributed by atoms with Crippen molar-refractivity contribution in [2.24, 2.45) is 17.1 Å². The van der Waals surface area contributed by atoms with Crippen molar-refractivity contribution >= 4 is 36.6 Å². The highest BCUT2D eigenvalue weighted by Crippen LogP contribution is 2.39. The van der Waals surface area contributed by atoms with Gasteiger partial charge in [-0.3, -0.25) is 14.6 Å². The first-order chi connectivity index (χ1) is 11.3. The van der Waals surface area contributed by atoms with Crippen LogP contribution >= 0.6 is 24.8 Å². The Labute approximate surface area is 167 Å². The Hall–Kier alpha value is -1.37. The number of hydrogen-bond acceptors (Lipinski definition) is 4. The van der Waals surface area contributed by atoms with E-state index in [4.69, 9.17) is 5.73 Å². The Bertz CT molecular complexity index is 641. The summed E-state index contributed by atoms with van der Waals surface area (Å²) in [7, 11) is 1.77. The van der Waals surface area contributed by atoms with Gasteiger partial charge in [-0.15, -0.1) is 24.8 Å². The van der Waals surface area contributed by atoms with Gasteiger partial charge in [0, 0.05) is 45.0 Å². The molecule has 0 bridgehead atoms. The van der Waals surface area contributed by atoms with E-state index in [0.29, 0.717) is 13.1 Å². The molecule has 1 aromatic heterocycles. The summed E-state index contributed by atoms with van der Waals surface area (Å²) >= 11 is 0. The van der Waals surface area contributed by atoms with Gasteiger partial charge in [0.2, 0.25) is 11.8 Å². The van der Waals surface area contributed by atoms with Crippen LogP contribution in [0.4, 0.5) is 0 Å². The van der Waals surface area contributed by atoms with Gasteiger partial charge in [0.1, 0.15) is 0 Å². The van der Waals surface area contributed by atoms with Crippen molar-refractivity contribution in [3.8, 4) is 0 Å². The molecular weight excluding hydrogens is 375 g/mol. The van der Waals surface area contributed by atoms with Crippen LogP contribution in [0.5, 0.6) is 0 Å². The summed E-state index contributed by atoms with van der Waals surface area (Å²) in [5.74, 6) is -0.284. The number of piperidine rings is 1. The fourth-order valence-electron chi connectivity index (χ4n) is 3.89. The largest absolute Gasteiger partial charge is 0.342 e. The number of amides is 2. The molecule has 3 rings (SSSR count). The highest BCUT2D eigenvalue weighted by atomic mass is 35.5. The van der Waals surface area contributed by atoms with Gasteiger partial charge in [-0.25, -0.2) is 0 Å². The van der Waals surface area contributed by atoms with Gasteiger partial charge >= 0.3 is 0 Å². The molecule has 2 saturated heterocycles. The third kappa shape index (κ3) is 4.13. The number of pyridine rings is 1. The smallest absolute Gasteiger partial charge is 0.228 e. The Morgan fingerprint density at radius 1 is 1.35 bits per heavy atom. The molecule has 3 heterocycles. The molecule has 0 saturated carbocycles. The molecule has 2 N–H and O–H groups in total. The first-order valence-corrected chi connectivity index (χ1v) is 8.51. The molecule has 0 aliphatic carbocycles. The predicted molar refractivity (Wildman–Crippen MR) is 105 cm³/mol. The van der Waals surface area contributed by atoms with Crippen molar-refractivity contribution in [2.75, 3.05) is 20.1 Å². The summed E-state index contributed by atoms with van der Waals surface area (Å²) in [6.07, 6.45) is 4.51. The van der Waals surface area contributed by atoms with Crippen molar-refractivity contribution < 1.29 is 9.59 Å². The summed E-state index contributed by atoms with van der Waals surface area (Å²) in [4.78, 5) is 33.1. The number of aromatic nitrogens is 1. The fourth-order valence-corrected chi connectivity index (χ4v) is 3.89. The molecule has 6 nitrogen and oxygen atoms in total. The highest BCUT2D eigenvalue weighted by Gasteiger charge is 2.46. The van der Waals surface area contributed by atoms with Gasteiger partial charge in [-0.05, 0) is 23.5 Å². The second kappa shape index (κ2) is 8.55. The van der Waals surface area contributed by atoms with Crippen LogP contribution in [-0.4, -0.2) is 52.8 Å². The van der Waals surface area contributed by atoms with Gasteiger partial charge in [0.05, 0.1) is 12.0 Å². The molecule has 146 valence electrons. The van der Waals surface area contributed by atoms with E-state index < -0.39 is 0 Å². The number of rotatable bonds is 2. The number of carbonyl (C=O) groups excluding carboxylic acids is 2. The van der Waals surface area contributed by atoms with Gasteiger partial charge < -0.3 is 15.5 Å². The molecule has 0 spiro atoms. The Morgan fingerprint density at radius 2 is 2.04 bits per heavy atom. The maximum Gasteiger partial charge on any atom is 0.228 e. The quantitative estimate of drug-likeness (QED) is 0.820. The van der Waals surface area contributed by atoms with Crippen LogP contribution in [-0.2, 0) is 9.59 Å². The minimum Gasteiger partial charge on any atom is -0.342 e. The van der Waals surface area contributed by atoms with E-state index in [2.05, 4.69) is 18.8 Å². The standard InChI is InChI=1S/C18H26N4O2.2ClH/c1-18(2)11-22(8-6-14(18)19)17(24)13-9-15(23)21(3)16(13)12-5-4-7-20-10-12;;/h4-5,7,10,13-14,16H,6,8-9,11,19H2,1-3H3;2*1H. The number of hydrogen-bond donors (Lipinski definition) is 1. The maximum absolute atomic E-state index is 13.2. The number of halogens is 2. The van der Waals surface area contributed by atoms with Crippen LogP contribution in [0, 0.1) is 11.3 Å². The number of nitrogens with two attached hydrogens (primary N) is 1. The fraction of sp³-hybridized carbons (Fsp3) is 0.611.